The number of thiophene rings is 1. The zero-order valence-corrected chi connectivity index (χ0v) is 20.7. The van der Waals surface area contributed by atoms with Crippen molar-refractivity contribution in [2.24, 2.45) is 0 Å². The molecule has 2 heterocycles. The number of hydrogen-bond acceptors (Lipinski definition) is 8. The van der Waals surface area contributed by atoms with Gasteiger partial charge in [-0.3, -0.25) is 10.1 Å². The summed E-state index contributed by atoms with van der Waals surface area (Å²) >= 11 is 1.51. The summed E-state index contributed by atoms with van der Waals surface area (Å²) in [6, 6.07) is 5.15. The first-order valence-corrected chi connectivity index (χ1v) is 11.9. The monoisotopic (exact) mass is 489 g/mol. The summed E-state index contributed by atoms with van der Waals surface area (Å²) in [7, 11) is 1.27. The molecule has 2 aromatic heterocycles. The predicted molar refractivity (Wildman–Crippen MR) is 131 cm³/mol. The molecule has 1 amide bonds. The van der Waals surface area contributed by atoms with Crippen LogP contribution in [0.3, 0.4) is 0 Å². The first-order valence-electron chi connectivity index (χ1n) is 11.1. The maximum atomic E-state index is 12.8. The van der Waals surface area contributed by atoms with Crippen LogP contribution in [0, 0.1) is 0 Å². The van der Waals surface area contributed by atoms with Crippen LogP contribution in [0.2, 0.25) is 0 Å². The molecule has 2 N–H and O–H groups in total. The fourth-order valence-electron chi connectivity index (χ4n) is 3.00. The standard InChI is InChI=1S/C25H31NO7S/c1-5-14-32-21-12-11-18(34-21)10-9-17(3)23(28)22-19(27)15-20(33-24(22)29)16(2)8-6-7-13-26-25(30)31-4/h7,9,11-13,15-16,27H,5-6,8,10,14H2,1-4H3,(H,26,30)/b13-7+,17-9-. The number of carbonyl (C=O) groups is 2. The van der Waals surface area contributed by atoms with Crippen LogP contribution < -0.4 is 15.7 Å². The highest BCUT2D eigenvalue weighted by molar-refractivity contribution is 7.13. The zero-order chi connectivity index (χ0) is 25.1. The topological polar surface area (TPSA) is 115 Å². The van der Waals surface area contributed by atoms with E-state index in [-0.39, 0.29) is 17.2 Å². The second kappa shape index (κ2) is 13.4. The predicted octanol–water partition coefficient (Wildman–Crippen LogP) is 5.32. The van der Waals surface area contributed by atoms with Crippen molar-refractivity contribution in [2.45, 2.75) is 52.4 Å². The number of ether oxygens (including phenoxy) is 2. The van der Waals surface area contributed by atoms with Crippen LogP contribution in [0.4, 0.5) is 4.79 Å². The largest absolute Gasteiger partial charge is 0.507 e. The fourth-order valence-corrected chi connectivity index (χ4v) is 3.84. The SMILES string of the molecule is CCCOc1ccc(C/C=C(/C)C(=O)c2c(O)cc(C(C)CC/C=C/NC(=O)OC)oc2=O)s1. The Hall–Kier alpha value is -3.33. The van der Waals surface area contributed by atoms with Gasteiger partial charge < -0.3 is 19.0 Å². The van der Waals surface area contributed by atoms with Gasteiger partial charge in [-0.1, -0.05) is 26.0 Å². The average Bonchev–Trinajstić information content (AvgIpc) is 3.27. The third-order valence-corrected chi connectivity index (χ3v) is 6.01. The van der Waals surface area contributed by atoms with Crippen molar-refractivity contribution in [3.8, 4) is 10.8 Å². The van der Waals surface area contributed by atoms with Crippen LogP contribution >= 0.6 is 11.3 Å². The highest BCUT2D eigenvalue weighted by Gasteiger charge is 2.22. The van der Waals surface area contributed by atoms with Crippen molar-refractivity contribution in [1.82, 2.24) is 5.32 Å². The van der Waals surface area contributed by atoms with Gasteiger partial charge in [-0.05, 0) is 43.9 Å². The van der Waals surface area contributed by atoms with Crippen LogP contribution in [-0.2, 0) is 11.2 Å². The molecular formula is C25H31NO7S. The van der Waals surface area contributed by atoms with E-state index in [0.717, 1.165) is 16.4 Å². The molecule has 34 heavy (non-hydrogen) atoms. The first kappa shape index (κ1) is 26.9. The molecule has 0 aliphatic rings. The number of methoxy groups -OCH3 is 1. The number of hydrogen-bond donors (Lipinski definition) is 2. The van der Waals surface area contributed by atoms with Gasteiger partial charge >= 0.3 is 11.7 Å². The maximum absolute atomic E-state index is 12.8. The average molecular weight is 490 g/mol. The quantitative estimate of drug-likeness (QED) is 0.306. The maximum Gasteiger partial charge on any atom is 0.410 e. The molecule has 0 radical (unpaired) electrons. The Labute approximate surface area is 202 Å². The number of aromatic hydroxyl groups is 1. The van der Waals surface area contributed by atoms with Gasteiger partial charge in [0.2, 0.25) is 0 Å². The van der Waals surface area contributed by atoms with Crippen molar-refractivity contribution in [3.05, 3.63) is 68.7 Å². The Morgan fingerprint density at radius 2 is 2.09 bits per heavy atom. The number of allylic oxidation sites excluding steroid dienone is 3. The number of nitrogens with one attached hydrogen (secondary N) is 1. The highest BCUT2D eigenvalue weighted by Crippen LogP contribution is 2.27. The molecule has 184 valence electrons. The van der Waals surface area contributed by atoms with E-state index in [4.69, 9.17) is 9.15 Å². The van der Waals surface area contributed by atoms with Crippen molar-refractivity contribution in [1.29, 1.82) is 0 Å². The fraction of sp³-hybridized carbons (Fsp3) is 0.400. The van der Waals surface area contributed by atoms with Crippen LogP contribution in [0.25, 0.3) is 0 Å². The van der Waals surface area contributed by atoms with E-state index in [0.29, 0.717) is 31.4 Å². The van der Waals surface area contributed by atoms with Gasteiger partial charge in [-0.2, -0.15) is 0 Å². The number of rotatable bonds is 12. The van der Waals surface area contributed by atoms with Gasteiger partial charge in [0.1, 0.15) is 17.1 Å². The molecule has 0 saturated carbocycles. The Bertz CT molecular complexity index is 1100. The molecule has 1 unspecified atom stereocenters. The third-order valence-electron chi connectivity index (χ3n) is 4.99. The number of ketones is 1. The zero-order valence-electron chi connectivity index (χ0n) is 19.9. The molecule has 0 aliphatic heterocycles. The summed E-state index contributed by atoms with van der Waals surface area (Å²) < 4.78 is 15.4. The first-order chi connectivity index (χ1) is 16.3. The molecule has 0 aromatic carbocycles. The van der Waals surface area contributed by atoms with E-state index >= 15 is 0 Å². The lowest BCUT2D eigenvalue weighted by molar-refractivity contribution is 0.102. The normalized spacial score (nSPS) is 12.5. The molecule has 0 spiro atoms. The summed E-state index contributed by atoms with van der Waals surface area (Å²) in [5, 5.41) is 13.7. The second-order valence-corrected chi connectivity index (χ2v) is 8.83. The van der Waals surface area contributed by atoms with Crippen molar-refractivity contribution in [3.63, 3.8) is 0 Å². The molecule has 0 saturated heterocycles. The van der Waals surface area contributed by atoms with E-state index in [9.17, 15) is 19.5 Å². The lowest BCUT2D eigenvalue weighted by atomic mass is 9.99. The summed E-state index contributed by atoms with van der Waals surface area (Å²) in [4.78, 5) is 37.3. The Balaban J connectivity index is 2.03. The molecule has 9 heteroatoms. The molecule has 2 aromatic rings. The van der Waals surface area contributed by atoms with E-state index in [1.165, 1.54) is 30.7 Å². The smallest absolute Gasteiger partial charge is 0.410 e. The highest BCUT2D eigenvalue weighted by atomic mass is 32.1. The molecule has 2 rings (SSSR count). The van der Waals surface area contributed by atoms with Gasteiger partial charge in [0.05, 0.1) is 13.7 Å². The minimum atomic E-state index is -0.867. The molecular weight excluding hydrogens is 458 g/mol. The molecule has 0 fully saturated rings. The Kier molecular flexibility index (Phi) is 10.6. The van der Waals surface area contributed by atoms with Crippen LogP contribution in [0.1, 0.15) is 66.9 Å². The second-order valence-electron chi connectivity index (χ2n) is 7.70. The number of Topliss-reactive ketones (excluding diaryl/α,β-unsaturated/α-hetero) is 1. The number of alkyl carbamates (subject to hydrolysis) is 1. The molecule has 8 nitrogen and oxygen atoms in total. The lowest BCUT2D eigenvalue weighted by Gasteiger charge is -2.11. The summed E-state index contributed by atoms with van der Waals surface area (Å²) in [5.41, 5.74) is -0.894. The van der Waals surface area contributed by atoms with E-state index < -0.39 is 23.3 Å². The van der Waals surface area contributed by atoms with Gasteiger partial charge in [0.15, 0.2) is 10.8 Å². The van der Waals surface area contributed by atoms with E-state index in [2.05, 4.69) is 10.1 Å². The van der Waals surface area contributed by atoms with Crippen molar-refractivity contribution in [2.75, 3.05) is 13.7 Å². The van der Waals surface area contributed by atoms with Gasteiger partial charge in [0, 0.05) is 29.5 Å². The van der Waals surface area contributed by atoms with Gasteiger partial charge in [-0.15, -0.1) is 11.3 Å². The van der Waals surface area contributed by atoms with Gasteiger partial charge in [-0.25, -0.2) is 9.59 Å². The summed E-state index contributed by atoms with van der Waals surface area (Å²) in [6.45, 7) is 6.14. The lowest BCUT2D eigenvalue weighted by Crippen LogP contribution is -2.17. The van der Waals surface area contributed by atoms with Crippen molar-refractivity contribution >= 4 is 23.2 Å². The summed E-state index contributed by atoms with van der Waals surface area (Å²) in [6.07, 6.45) is 6.99. The molecule has 1 atom stereocenters. The molecule has 0 aliphatic carbocycles. The minimum absolute atomic E-state index is 0.190. The third kappa shape index (κ3) is 7.91. The molecule has 0 bridgehead atoms. The van der Waals surface area contributed by atoms with Crippen LogP contribution in [-0.4, -0.2) is 30.7 Å². The summed E-state index contributed by atoms with van der Waals surface area (Å²) in [5.74, 6) is -0.871. The number of carbonyl (C=O) groups excluding carboxylic acids is 2. The number of amides is 1. The Morgan fingerprint density at radius 3 is 2.76 bits per heavy atom. The Morgan fingerprint density at radius 1 is 1.32 bits per heavy atom. The van der Waals surface area contributed by atoms with E-state index in [1.54, 1.807) is 19.1 Å². The minimum Gasteiger partial charge on any atom is -0.507 e. The van der Waals surface area contributed by atoms with E-state index in [1.807, 2.05) is 26.0 Å². The van der Waals surface area contributed by atoms with Crippen molar-refractivity contribution < 1.29 is 28.6 Å². The van der Waals surface area contributed by atoms with Crippen LogP contribution in [0.5, 0.6) is 10.8 Å². The van der Waals surface area contributed by atoms with Crippen LogP contribution in [0.15, 0.2) is 51.3 Å². The van der Waals surface area contributed by atoms with Gasteiger partial charge in [0.25, 0.3) is 0 Å².